The number of hydrogen-bond acceptors (Lipinski definition) is 4. The zero-order chi connectivity index (χ0) is 19.3. The van der Waals surface area contributed by atoms with Crippen molar-refractivity contribution in [2.24, 2.45) is 28.1 Å². The summed E-state index contributed by atoms with van der Waals surface area (Å²) in [4.78, 5) is 11.9. The van der Waals surface area contributed by atoms with Crippen molar-refractivity contribution in [3.8, 4) is 0 Å². The summed E-state index contributed by atoms with van der Waals surface area (Å²) in [7, 11) is 0. The van der Waals surface area contributed by atoms with Crippen LogP contribution in [0.15, 0.2) is 11.6 Å². The normalized spacial score (nSPS) is 42.9. The van der Waals surface area contributed by atoms with E-state index in [0.717, 1.165) is 25.7 Å². The second-order valence-corrected chi connectivity index (χ2v) is 10.2. The van der Waals surface area contributed by atoms with Crippen LogP contribution < -0.4 is 0 Å². The van der Waals surface area contributed by atoms with Crippen molar-refractivity contribution in [2.45, 2.75) is 85.4 Å². The maximum atomic E-state index is 11.9. The molecule has 0 heterocycles. The number of allylic oxidation sites excluding steroid dienone is 1. The number of rotatable bonds is 3. The summed E-state index contributed by atoms with van der Waals surface area (Å²) in [6.45, 7) is 10.3. The maximum absolute atomic E-state index is 11.9. The van der Waals surface area contributed by atoms with E-state index in [0.29, 0.717) is 18.3 Å². The predicted molar refractivity (Wildman–Crippen MR) is 101 cm³/mol. The van der Waals surface area contributed by atoms with Crippen LogP contribution in [0.3, 0.4) is 0 Å². The van der Waals surface area contributed by atoms with Gasteiger partial charge in [-0.05, 0) is 61.2 Å². The van der Waals surface area contributed by atoms with E-state index in [1.165, 1.54) is 18.9 Å². The van der Waals surface area contributed by atoms with E-state index in [1.54, 1.807) is 0 Å². The van der Waals surface area contributed by atoms with Crippen molar-refractivity contribution in [1.29, 1.82) is 0 Å². The molecule has 3 rings (SSSR count). The lowest BCUT2D eigenvalue weighted by Crippen LogP contribution is -2.58. The molecule has 148 valence electrons. The summed E-state index contributed by atoms with van der Waals surface area (Å²) in [5.74, 6) is 0.654. The Labute approximate surface area is 158 Å². The van der Waals surface area contributed by atoms with Crippen molar-refractivity contribution in [3.05, 3.63) is 11.6 Å². The monoisotopic (exact) mass is 364 g/mol. The minimum Gasteiger partial charge on any atom is -0.462 e. The van der Waals surface area contributed by atoms with E-state index in [1.807, 2.05) is 6.92 Å². The largest absolute Gasteiger partial charge is 0.462 e. The number of carbonyl (C=O) groups is 1. The lowest BCUT2D eigenvalue weighted by atomic mass is 9.45. The highest BCUT2D eigenvalue weighted by Gasteiger charge is 2.60. The lowest BCUT2D eigenvalue weighted by Gasteiger charge is -2.61. The molecule has 0 bridgehead atoms. The molecule has 0 aromatic carbocycles. The average Bonchev–Trinajstić information content (AvgIpc) is 2.55. The standard InChI is InChI=1S/C22H36O4/c1-14(24)26-19-12-21(4,18(25)13-23)11-15-8-9-16-17(22(15,19)5)7-6-10-20(16,2)3/h7,15-16,18-19,23,25H,6,8-13H2,1-5H3. The lowest BCUT2D eigenvalue weighted by molar-refractivity contribution is -0.177. The van der Waals surface area contributed by atoms with Crippen LogP contribution in [0, 0.1) is 28.1 Å². The summed E-state index contributed by atoms with van der Waals surface area (Å²) >= 11 is 0. The fourth-order valence-electron chi connectivity index (χ4n) is 6.28. The van der Waals surface area contributed by atoms with Gasteiger partial charge in [-0.1, -0.05) is 39.3 Å². The molecule has 2 N–H and O–H groups in total. The number of aliphatic hydroxyl groups excluding tert-OH is 2. The Morgan fingerprint density at radius 2 is 1.96 bits per heavy atom. The minimum atomic E-state index is -0.778. The van der Waals surface area contributed by atoms with Gasteiger partial charge >= 0.3 is 5.97 Å². The molecule has 26 heavy (non-hydrogen) atoms. The summed E-state index contributed by atoms with van der Waals surface area (Å²) in [5, 5.41) is 20.0. The summed E-state index contributed by atoms with van der Waals surface area (Å²) < 4.78 is 5.90. The second-order valence-electron chi connectivity index (χ2n) is 10.2. The van der Waals surface area contributed by atoms with Crippen molar-refractivity contribution < 1.29 is 19.7 Å². The number of esters is 1. The Bertz CT molecular complexity index is 595. The number of hydrogen-bond donors (Lipinski definition) is 2. The van der Waals surface area contributed by atoms with E-state index in [2.05, 4.69) is 26.8 Å². The van der Waals surface area contributed by atoms with Gasteiger partial charge in [0.05, 0.1) is 12.7 Å². The highest BCUT2D eigenvalue weighted by Crippen LogP contribution is 2.64. The predicted octanol–water partition coefficient (Wildman–Crippen LogP) is 3.85. The van der Waals surface area contributed by atoms with Gasteiger partial charge in [0, 0.05) is 12.3 Å². The van der Waals surface area contributed by atoms with Crippen LogP contribution >= 0.6 is 0 Å². The molecule has 0 radical (unpaired) electrons. The molecular weight excluding hydrogens is 328 g/mol. The number of carbonyl (C=O) groups excluding carboxylic acids is 1. The van der Waals surface area contributed by atoms with Crippen LogP contribution in [-0.2, 0) is 9.53 Å². The first-order valence-electron chi connectivity index (χ1n) is 10.2. The molecule has 0 spiro atoms. The van der Waals surface area contributed by atoms with Crippen LogP contribution in [-0.4, -0.2) is 35.0 Å². The third-order valence-electron chi connectivity index (χ3n) is 8.06. The van der Waals surface area contributed by atoms with Crippen molar-refractivity contribution in [2.75, 3.05) is 6.61 Å². The van der Waals surface area contributed by atoms with Gasteiger partial charge in [-0.2, -0.15) is 0 Å². The molecule has 2 saturated carbocycles. The van der Waals surface area contributed by atoms with Gasteiger partial charge in [-0.25, -0.2) is 0 Å². The Morgan fingerprint density at radius 3 is 2.58 bits per heavy atom. The van der Waals surface area contributed by atoms with E-state index in [-0.39, 0.29) is 29.5 Å². The first kappa shape index (κ1) is 19.9. The van der Waals surface area contributed by atoms with Gasteiger partial charge in [0.1, 0.15) is 6.10 Å². The fourth-order valence-corrected chi connectivity index (χ4v) is 6.28. The molecule has 0 aromatic rings. The smallest absolute Gasteiger partial charge is 0.302 e. The van der Waals surface area contributed by atoms with Gasteiger partial charge in [-0.3, -0.25) is 4.79 Å². The zero-order valence-electron chi connectivity index (χ0n) is 17.0. The molecule has 3 aliphatic rings. The van der Waals surface area contributed by atoms with Gasteiger partial charge in [0.2, 0.25) is 0 Å². The van der Waals surface area contributed by atoms with E-state index >= 15 is 0 Å². The first-order valence-corrected chi connectivity index (χ1v) is 10.2. The molecule has 6 unspecified atom stereocenters. The van der Waals surface area contributed by atoms with Crippen LogP contribution in [0.4, 0.5) is 0 Å². The topological polar surface area (TPSA) is 66.8 Å². The van der Waals surface area contributed by atoms with Gasteiger partial charge in [-0.15, -0.1) is 0 Å². The van der Waals surface area contributed by atoms with E-state index in [9.17, 15) is 15.0 Å². The average molecular weight is 365 g/mol. The van der Waals surface area contributed by atoms with Crippen molar-refractivity contribution in [1.82, 2.24) is 0 Å². The van der Waals surface area contributed by atoms with E-state index in [4.69, 9.17) is 4.74 Å². The highest BCUT2D eigenvalue weighted by molar-refractivity contribution is 5.66. The molecule has 2 fully saturated rings. The maximum Gasteiger partial charge on any atom is 0.302 e. The Balaban J connectivity index is 2.03. The van der Waals surface area contributed by atoms with Crippen LogP contribution in [0.1, 0.15) is 73.1 Å². The van der Waals surface area contributed by atoms with E-state index < -0.39 is 11.5 Å². The summed E-state index contributed by atoms with van der Waals surface area (Å²) in [5.41, 5.74) is 1.18. The molecule has 6 atom stereocenters. The molecule has 0 aliphatic heterocycles. The summed E-state index contributed by atoms with van der Waals surface area (Å²) in [6.07, 6.45) is 7.42. The fraction of sp³-hybridized carbons (Fsp3) is 0.864. The molecule has 4 nitrogen and oxygen atoms in total. The minimum absolute atomic E-state index is 0.166. The molecule has 3 aliphatic carbocycles. The quantitative estimate of drug-likeness (QED) is 0.590. The number of ether oxygens (including phenoxy) is 1. The molecule has 0 aromatic heterocycles. The molecular formula is C22H36O4. The van der Waals surface area contributed by atoms with Crippen molar-refractivity contribution in [3.63, 3.8) is 0 Å². The Kier molecular flexibility index (Phi) is 5.07. The van der Waals surface area contributed by atoms with Crippen LogP contribution in [0.2, 0.25) is 0 Å². The summed E-state index contributed by atoms with van der Waals surface area (Å²) in [6, 6.07) is 0. The third kappa shape index (κ3) is 3.03. The van der Waals surface area contributed by atoms with Crippen LogP contribution in [0.5, 0.6) is 0 Å². The van der Waals surface area contributed by atoms with Crippen molar-refractivity contribution >= 4 is 5.97 Å². The Morgan fingerprint density at radius 1 is 1.27 bits per heavy atom. The molecule has 4 heteroatoms. The van der Waals surface area contributed by atoms with Crippen LogP contribution in [0.25, 0.3) is 0 Å². The van der Waals surface area contributed by atoms with Gasteiger partial charge < -0.3 is 14.9 Å². The first-order chi connectivity index (χ1) is 12.0. The zero-order valence-corrected chi connectivity index (χ0v) is 17.0. The molecule has 0 saturated heterocycles. The molecule has 0 amide bonds. The Hall–Kier alpha value is -0.870. The van der Waals surface area contributed by atoms with Gasteiger partial charge in [0.15, 0.2) is 0 Å². The highest BCUT2D eigenvalue weighted by atomic mass is 16.5. The number of aliphatic hydroxyl groups is 2. The SMILES string of the molecule is CC(=O)OC1CC(C)(C(O)CO)CC2CCC3C(=CCCC3(C)C)C21C. The number of fused-ring (bicyclic) bond motifs is 3. The van der Waals surface area contributed by atoms with Gasteiger partial charge in [0.25, 0.3) is 0 Å². The third-order valence-corrected chi connectivity index (χ3v) is 8.06. The second kappa shape index (κ2) is 6.63.